The molecule has 1 saturated heterocycles. The van der Waals surface area contributed by atoms with E-state index in [0.29, 0.717) is 25.8 Å². The summed E-state index contributed by atoms with van der Waals surface area (Å²) in [5, 5.41) is 25.7. The zero-order chi connectivity index (χ0) is 26.5. The predicted octanol–water partition coefficient (Wildman–Crippen LogP) is 6.35. The summed E-state index contributed by atoms with van der Waals surface area (Å²) in [7, 11) is 0. The summed E-state index contributed by atoms with van der Waals surface area (Å²) >= 11 is 4.58. The Morgan fingerprint density at radius 2 is 1.81 bits per heavy atom. The predicted molar refractivity (Wildman–Crippen MR) is 142 cm³/mol. The molecule has 37 heavy (non-hydrogen) atoms. The maximum absolute atomic E-state index is 12.5. The number of benzene rings is 3. The van der Waals surface area contributed by atoms with Gasteiger partial charge in [0.2, 0.25) is 5.75 Å². The van der Waals surface area contributed by atoms with Gasteiger partial charge in [-0.25, -0.2) is 4.99 Å². The topological polar surface area (TPSA) is 146 Å². The number of ether oxygens (including phenoxy) is 2. The molecule has 0 saturated carbocycles. The summed E-state index contributed by atoms with van der Waals surface area (Å²) in [5.74, 6) is -0.125. The highest BCUT2D eigenvalue weighted by Crippen LogP contribution is 2.43. The van der Waals surface area contributed by atoms with Gasteiger partial charge in [0.15, 0.2) is 16.7 Å². The summed E-state index contributed by atoms with van der Waals surface area (Å²) in [5.41, 5.74) is 0.292. The smallest absolute Gasteiger partial charge is 0.318 e. The van der Waals surface area contributed by atoms with Gasteiger partial charge in [-0.15, -0.1) is 0 Å². The summed E-state index contributed by atoms with van der Waals surface area (Å²) in [4.78, 5) is 38.4. The monoisotopic (exact) mass is 584 g/mol. The molecule has 1 heterocycles. The molecule has 0 aromatic heterocycles. The molecule has 4 rings (SSSR count). The molecule has 13 heteroatoms. The first-order valence-corrected chi connectivity index (χ1v) is 12.3. The van der Waals surface area contributed by atoms with Gasteiger partial charge in [-0.1, -0.05) is 18.2 Å². The summed E-state index contributed by atoms with van der Waals surface area (Å²) in [6, 6.07) is 15.6. The Morgan fingerprint density at radius 3 is 2.49 bits per heavy atom. The lowest BCUT2D eigenvalue weighted by molar-refractivity contribution is -0.394. The van der Waals surface area contributed by atoms with E-state index in [2.05, 4.69) is 26.2 Å². The van der Waals surface area contributed by atoms with E-state index in [1.54, 1.807) is 25.1 Å². The van der Waals surface area contributed by atoms with Crippen molar-refractivity contribution in [2.45, 2.75) is 6.92 Å². The molecule has 0 radical (unpaired) electrons. The van der Waals surface area contributed by atoms with Crippen LogP contribution in [0.25, 0.3) is 6.08 Å². The highest BCUT2D eigenvalue weighted by atomic mass is 79.9. The van der Waals surface area contributed by atoms with Crippen molar-refractivity contribution >= 4 is 61.9 Å². The molecule has 3 aromatic rings. The van der Waals surface area contributed by atoms with E-state index < -0.39 is 21.2 Å². The van der Waals surface area contributed by atoms with Gasteiger partial charge < -0.3 is 14.8 Å². The number of nitro benzene ring substituents is 2. The van der Waals surface area contributed by atoms with Crippen LogP contribution in [0.2, 0.25) is 0 Å². The fraction of sp³-hybridized carbons (Fsp3) is 0.0833. The summed E-state index contributed by atoms with van der Waals surface area (Å²) in [6.07, 6.45) is 1.65. The van der Waals surface area contributed by atoms with E-state index in [9.17, 15) is 25.0 Å². The third-order valence-electron chi connectivity index (χ3n) is 4.83. The Kier molecular flexibility index (Phi) is 7.84. The van der Waals surface area contributed by atoms with Gasteiger partial charge in [-0.05, 0) is 76.6 Å². The SMILES string of the molecule is CCOc1cc(/C=C2\SC(=Nc3ccccc3)NC2=O)cc(Br)c1Oc1ccc([N+](=O)[O-])cc1[N+](=O)[O-]. The third kappa shape index (κ3) is 6.13. The fourth-order valence-electron chi connectivity index (χ4n) is 3.24. The number of rotatable bonds is 8. The Labute approximate surface area is 222 Å². The minimum atomic E-state index is -0.764. The molecule has 0 spiro atoms. The Bertz CT molecular complexity index is 1460. The Morgan fingerprint density at radius 1 is 1.05 bits per heavy atom. The van der Waals surface area contributed by atoms with E-state index in [1.165, 1.54) is 11.8 Å². The van der Waals surface area contributed by atoms with Crippen molar-refractivity contribution in [3.63, 3.8) is 0 Å². The minimum Gasteiger partial charge on any atom is -0.490 e. The fourth-order valence-corrected chi connectivity index (χ4v) is 4.63. The van der Waals surface area contributed by atoms with Crippen LogP contribution in [0.3, 0.4) is 0 Å². The maximum atomic E-state index is 12.5. The number of nitro groups is 2. The molecule has 0 unspecified atom stereocenters. The van der Waals surface area contributed by atoms with Crippen molar-refractivity contribution in [1.29, 1.82) is 0 Å². The maximum Gasteiger partial charge on any atom is 0.318 e. The van der Waals surface area contributed by atoms with Gasteiger partial charge >= 0.3 is 5.69 Å². The lowest BCUT2D eigenvalue weighted by atomic mass is 10.1. The molecule has 0 atom stereocenters. The number of halogens is 1. The molecule has 1 fully saturated rings. The summed E-state index contributed by atoms with van der Waals surface area (Å²) < 4.78 is 11.9. The number of amidine groups is 1. The van der Waals surface area contributed by atoms with Gasteiger partial charge in [0, 0.05) is 6.07 Å². The second-order valence-corrected chi connectivity index (χ2v) is 9.23. The van der Waals surface area contributed by atoms with Crippen LogP contribution in [0.4, 0.5) is 17.1 Å². The van der Waals surface area contributed by atoms with Crippen molar-refractivity contribution in [2.75, 3.05) is 6.61 Å². The molecule has 1 aliphatic heterocycles. The number of carbonyl (C=O) groups excluding carboxylic acids is 1. The average Bonchev–Trinajstić information content (AvgIpc) is 3.20. The standard InChI is InChI=1S/C24H17BrN4O7S/c1-2-35-20-11-14(12-21-23(30)27-24(37-21)26-15-6-4-3-5-7-15)10-17(25)22(20)36-19-9-8-16(28(31)32)13-18(19)29(33)34/h3-13H,2H2,1H3,(H,26,27,30)/b21-12-. The second kappa shape index (κ2) is 11.2. The number of hydrogen-bond acceptors (Lipinski definition) is 9. The first-order valence-electron chi connectivity index (χ1n) is 10.7. The van der Waals surface area contributed by atoms with Crippen LogP contribution in [0.15, 0.2) is 75.0 Å². The number of hydrogen-bond donors (Lipinski definition) is 1. The Hall–Kier alpha value is -4.23. The molecule has 3 aromatic carbocycles. The number of non-ortho nitro benzene ring substituents is 1. The number of carbonyl (C=O) groups is 1. The number of nitrogens with zero attached hydrogens (tertiary/aromatic N) is 3. The Balaban J connectivity index is 1.66. The molecule has 1 amide bonds. The van der Waals surface area contributed by atoms with Crippen molar-refractivity contribution in [1.82, 2.24) is 5.32 Å². The van der Waals surface area contributed by atoms with Gasteiger partial charge in [0.1, 0.15) is 0 Å². The van der Waals surface area contributed by atoms with Crippen LogP contribution in [0.1, 0.15) is 12.5 Å². The van der Waals surface area contributed by atoms with Crippen LogP contribution >= 0.6 is 27.7 Å². The number of nitrogens with one attached hydrogen (secondary N) is 1. The molecule has 1 N–H and O–H groups in total. The minimum absolute atomic E-state index is 0.135. The lowest BCUT2D eigenvalue weighted by Gasteiger charge is -2.14. The molecular formula is C24H17BrN4O7S. The zero-order valence-corrected chi connectivity index (χ0v) is 21.4. The van der Waals surface area contributed by atoms with Crippen molar-refractivity contribution in [3.8, 4) is 17.2 Å². The van der Waals surface area contributed by atoms with E-state index in [0.717, 1.165) is 18.2 Å². The molecule has 188 valence electrons. The van der Waals surface area contributed by atoms with E-state index in [4.69, 9.17) is 9.47 Å². The molecular weight excluding hydrogens is 568 g/mol. The van der Waals surface area contributed by atoms with E-state index in [-0.39, 0.29) is 29.8 Å². The highest BCUT2D eigenvalue weighted by Gasteiger charge is 2.26. The van der Waals surface area contributed by atoms with Crippen molar-refractivity contribution in [3.05, 3.63) is 95.8 Å². The van der Waals surface area contributed by atoms with Gasteiger partial charge in [-0.2, -0.15) is 0 Å². The lowest BCUT2D eigenvalue weighted by Crippen LogP contribution is -2.19. The first kappa shape index (κ1) is 25.9. The normalized spacial score (nSPS) is 15.0. The van der Waals surface area contributed by atoms with Crippen molar-refractivity contribution in [2.24, 2.45) is 4.99 Å². The number of amides is 1. The van der Waals surface area contributed by atoms with Crippen LogP contribution in [0.5, 0.6) is 17.2 Å². The largest absolute Gasteiger partial charge is 0.490 e. The molecule has 0 aliphatic carbocycles. The third-order valence-corrected chi connectivity index (χ3v) is 6.33. The molecule has 1 aliphatic rings. The zero-order valence-electron chi connectivity index (χ0n) is 19.0. The van der Waals surface area contributed by atoms with Crippen LogP contribution in [0, 0.1) is 20.2 Å². The average molecular weight is 585 g/mol. The van der Waals surface area contributed by atoms with Gasteiger partial charge in [0.05, 0.1) is 37.6 Å². The quantitative estimate of drug-likeness (QED) is 0.183. The van der Waals surface area contributed by atoms with Crippen LogP contribution in [-0.2, 0) is 4.79 Å². The van der Waals surface area contributed by atoms with E-state index in [1.807, 2.05) is 30.3 Å². The number of aliphatic imine (C=N–C) groups is 1. The van der Waals surface area contributed by atoms with Crippen LogP contribution < -0.4 is 14.8 Å². The van der Waals surface area contributed by atoms with Gasteiger partial charge in [0.25, 0.3) is 11.6 Å². The van der Waals surface area contributed by atoms with E-state index >= 15 is 0 Å². The number of thioether (sulfide) groups is 1. The molecule has 0 bridgehead atoms. The van der Waals surface area contributed by atoms with Crippen molar-refractivity contribution < 1.29 is 24.1 Å². The van der Waals surface area contributed by atoms with Crippen LogP contribution in [-0.4, -0.2) is 27.5 Å². The highest BCUT2D eigenvalue weighted by molar-refractivity contribution is 9.10. The van der Waals surface area contributed by atoms with Gasteiger partial charge in [-0.3, -0.25) is 25.0 Å². The molecule has 11 nitrogen and oxygen atoms in total. The summed E-state index contributed by atoms with van der Waals surface area (Å²) in [6.45, 7) is 2.01. The second-order valence-electron chi connectivity index (χ2n) is 7.35. The number of para-hydroxylation sites is 1. The first-order chi connectivity index (χ1) is 17.7.